The van der Waals surface area contributed by atoms with Crippen molar-refractivity contribution in [1.82, 2.24) is 5.32 Å². The summed E-state index contributed by atoms with van der Waals surface area (Å²) in [5, 5.41) is 14.9. The molecule has 0 aliphatic rings. The van der Waals surface area contributed by atoms with Gasteiger partial charge in [-0.25, -0.2) is 4.39 Å². The molecule has 0 amide bonds. The molecule has 6 heteroatoms. The zero-order valence-electron chi connectivity index (χ0n) is 20.6. The highest BCUT2D eigenvalue weighted by molar-refractivity contribution is 5.97. The van der Waals surface area contributed by atoms with E-state index < -0.39 is 5.97 Å². The van der Waals surface area contributed by atoms with Gasteiger partial charge in [0.1, 0.15) is 11.6 Å². The molecule has 36 heavy (non-hydrogen) atoms. The minimum Gasteiger partial charge on any atom is -0.497 e. The first-order valence-corrected chi connectivity index (χ1v) is 11.8. The van der Waals surface area contributed by atoms with Crippen molar-refractivity contribution in [3.05, 3.63) is 101 Å². The van der Waals surface area contributed by atoms with E-state index in [1.807, 2.05) is 30.3 Å². The van der Waals surface area contributed by atoms with Crippen molar-refractivity contribution in [2.24, 2.45) is 0 Å². The van der Waals surface area contributed by atoms with E-state index in [1.165, 1.54) is 6.07 Å². The molecule has 0 heterocycles. The fourth-order valence-electron chi connectivity index (χ4n) is 4.48. The molecular weight excluding hydrogens is 477 g/mol. The third-order valence-corrected chi connectivity index (χ3v) is 6.44. The van der Waals surface area contributed by atoms with E-state index in [9.17, 15) is 9.18 Å². The van der Waals surface area contributed by atoms with Crippen molar-refractivity contribution in [1.29, 1.82) is 0 Å². The lowest BCUT2D eigenvalue weighted by Gasteiger charge is -2.22. The molecule has 0 aromatic heterocycles. The van der Waals surface area contributed by atoms with Crippen LogP contribution < -0.4 is 10.1 Å². The van der Waals surface area contributed by atoms with Gasteiger partial charge < -0.3 is 15.2 Å². The molecule has 0 fully saturated rings. The number of hydrogen-bond donors (Lipinski definition) is 2. The summed E-state index contributed by atoms with van der Waals surface area (Å²) in [5.74, 6) is -0.489. The summed E-state index contributed by atoms with van der Waals surface area (Å²) in [7, 11) is 1.67. The second-order valence-electron chi connectivity index (χ2n) is 8.88. The van der Waals surface area contributed by atoms with Crippen molar-refractivity contribution >= 4 is 29.1 Å². The largest absolute Gasteiger partial charge is 0.497 e. The quantitative estimate of drug-likeness (QED) is 0.246. The van der Waals surface area contributed by atoms with E-state index in [1.54, 1.807) is 19.2 Å². The Labute approximate surface area is 217 Å². The molecule has 4 rings (SSSR count). The predicted molar refractivity (Wildman–Crippen MR) is 146 cm³/mol. The summed E-state index contributed by atoms with van der Waals surface area (Å²) in [6.07, 6.45) is 0.0485. The van der Waals surface area contributed by atoms with Gasteiger partial charge in [-0.2, -0.15) is 0 Å². The second-order valence-corrected chi connectivity index (χ2v) is 8.88. The van der Waals surface area contributed by atoms with Crippen LogP contribution in [0.1, 0.15) is 49.0 Å². The number of nitrogens with one attached hydrogen (secondary N) is 1. The van der Waals surface area contributed by atoms with Gasteiger partial charge in [0.15, 0.2) is 0 Å². The Morgan fingerprint density at radius 2 is 1.69 bits per heavy atom. The lowest BCUT2D eigenvalue weighted by atomic mass is 9.92. The zero-order valence-corrected chi connectivity index (χ0v) is 21.4. The maximum Gasteiger partial charge on any atom is 0.303 e. The molecule has 0 radical (unpaired) electrons. The van der Waals surface area contributed by atoms with Crippen LogP contribution in [-0.4, -0.2) is 18.2 Å². The van der Waals surface area contributed by atoms with Crippen LogP contribution in [0.25, 0.3) is 21.9 Å². The Morgan fingerprint density at radius 3 is 2.44 bits per heavy atom. The van der Waals surface area contributed by atoms with Gasteiger partial charge in [0.05, 0.1) is 7.11 Å². The second kappa shape index (κ2) is 12.0. The standard InChI is InChI=1S/C30H30FNO3.ClH/c1-19(21-8-6-9-26(17-21)35-3)32-20(2)25-16-22-7-4-5-10-27(22)28(18-25)23-11-13-29(31)24(15-23)12-14-30(33)34;/h4-11,13,15-20,32H,12,14H2,1-3H3,(H,33,34);1H/t19-,20?;/m1./s1. The predicted octanol–water partition coefficient (Wildman–Crippen LogP) is 7.51. The number of benzene rings is 4. The van der Waals surface area contributed by atoms with Gasteiger partial charge in [-0.15, -0.1) is 12.4 Å². The number of fused-ring (bicyclic) bond motifs is 1. The van der Waals surface area contributed by atoms with Crippen LogP contribution in [0.2, 0.25) is 0 Å². The average Bonchev–Trinajstić information content (AvgIpc) is 2.87. The summed E-state index contributed by atoms with van der Waals surface area (Å²) in [6, 6.07) is 25.6. The number of carbonyl (C=O) groups is 1. The number of carboxylic acids is 1. The van der Waals surface area contributed by atoms with E-state index in [4.69, 9.17) is 9.84 Å². The maximum absolute atomic E-state index is 14.4. The highest BCUT2D eigenvalue weighted by Gasteiger charge is 2.16. The lowest BCUT2D eigenvalue weighted by molar-refractivity contribution is -0.136. The molecule has 0 bridgehead atoms. The fraction of sp³-hybridized carbons (Fsp3) is 0.233. The van der Waals surface area contributed by atoms with Crippen LogP contribution in [0.5, 0.6) is 5.75 Å². The number of rotatable bonds is 9. The van der Waals surface area contributed by atoms with Crippen LogP contribution in [0.3, 0.4) is 0 Å². The zero-order chi connectivity index (χ0) is 24.9. The fourth-order valence-corrected chi connectivity index (χ4v) is 4.48. The highest BCUT2D eigenvalue weighted by atomic mass is 35.5. The monoisotopic (exact) mass is 507 g/mol. The third kappa shape index (κ3) is 6.23. The first-order chi connectivity index (χ1) is 16.9. The summed E-state index contributed by atoms with van der Waals surface area (Å²) < 4.78 is 19.8. The number of carboxylic acid groups (broad SMARTS) is 1. The number of hydrogen-bond acceptors (Lipinski definition) is 3. The molecular formula is C30H31ClFNO3. The van der Waals surface area contributed by atoms with Gasteiger partial charge in [0.25, 0.3) is 0 Å². The van der Waals surface area contributed by atoms with Crippen molar-refractivity contribution in [3.63, 3.8) is 0 Å². The Bertz CT molecular complexity index is 1360. The summed E-state index contributed by atoms with van der Waals surface area (Å²) in [4.78, 5) is 11.0. The molecule has 0 aliphatic carbocycles. The first kappa shape index (κ1) is 27.2. The van der Waals surface area contributed by atoms with Crippen LogP contribution in [0, 0.1) is 5.82 Å². The molecule has 1 unspecified atom stereocenters. The molecule has 0 aliphatic heterocycles. The van der Waals surface area contributed by atoms with Crippen LogP contribution in [-0.2, 0) is 11.2 Å². The third-order valence-electron chi connectivity index (χ3n) is 6.44. The van der Waals surface area contributed by atoms with Crippen molar-refractivity contribution in [2.75, 3.05) is 7.11 Å². The van der Waals surface area contributed by atoms with E-state index in [0.717, 1.165) is 38.8 Å². The normalized spacial score (nSPS) is 12.6. The summed E-state index contributed by atoms with van der Waals surface area (Å²) in [5.41, 5.74) is 4.54. The number of ether oxygens (including phenoxy) is 1. The number of aryl methyl sites for hydroxylation is 1. The molecule has 0 saturated heterocycles. The lowest BCUT2D eigenvalue weighted by Crippen LogP contribution is -2.22. The SMILES string of the molecule is COc1cccc([C@@H](C)NC(C)c2cc(-c3ccc(F)c(CCC(=O)O)c3)c3ccccc3c2)c1.Cl. The van der Waals surface area contributed by atoms with Crippen molar-refractivity contribution in [2.45, 2.75) is 38.8 Å². The Morgan fingerprint density at radius 1 is 0.944 bits per heavy atom. The molecule has 0 saturated carbocycles. The van der Waals surface area contributed by atoms with Crippen LogP contribution in [0.15, 0.2) is 78.9 Å². The topological polar surface area (TPSA) is 58.6 Å². The Kier molecular flexibility index (Phi) is 9.08. The minimum absolute atomic E-state index is 0. The molecule has 4 aromatic carbocycles. The summed E-state index contributed by atoms with van der Waals surface area (Å²) >= 11 is 0. The number of methoxy groups -OCH3 is 1. The van der Waals surface area contributed by atoms with Crippen molar-refractivity contribution in [3.8, 4) is 16.9 Å². The van der Waals surface area contributed by atoms with Gasteiger partial charge in [-0.3, -0.25) is 4.79 Å². The molecule has 188 valence electrons. The van der Waals surface area contributed by atoms with Gasteiger partial charge in [0.2, 0.25) is 0 Å². The number of aliphatic carboxylic acids is 1. The van der Waals surface area contributed by atoms with E-state index in [0.29, 0.717) is 5.56 Å². The molecule has 0 spiro atoms. The van der Waals surface area contributed by atoms with E-state index in [-0.39, 0.29) is 43.1 Å². The minimum atomic E-state index is -0.938. The molecule has 4 aromatic rings. The smallest absolute Gasteiger partial charge is 0.303 e. The Hall–Kier alpha value is -3.41. The van der Waals surface area contributed by atoms with E-state index >= 15 is 0 Å². The maximum atomic E-state index is 14.4. The van der Waals surface area contributed by atoms with Gasteiger partial charge in [0, 0.05) is 18.5 Å². The molecule has 4 nitrogen and oxygen atoms in total. The molecule has 2 atom stereocenters. The number of halogens is 2. The Balaban J connectivity index is 0.00000361. The van der Waals surface area contributed by atoms with Crippen molar-refractivity contribution < 1.29 is 19.0 Å². The summed E-state index contributed by atoms with van der Waals surface area (Å²) in [6.45, 7) is 4.26. The average molecular weight is 508 g/mol. The van der Waals surface area contributed by atoms with Gasteiger partial charge >= 0.3 is 5.97 Å². The van der Waals surface area contributed by atoms with E-state index in [2.05, 4.69) is 49.5 Å². The van der Waals surface area contributed by atoms with Crippen LogP contribution >= 0.6 is 12.4 Å². The molecule has 2 N–H and O–H groups in total. The first-order valence-electron chi connectivity index (χ1n) is 11.8. The van der Waals surface area contributed by atoms with Gasteiger partial charge in [-0.1, -0.05) is 42.5 Å². The van der Waals surface area contributed by atoms with Gasteiger partial charge in [-0.05, 0) is 95.3 Å². The highest BCUT2D eigenvalue weighted by Crippen LogP contribution is 2.34. The van der Waals surface area contributed by atoms with Crippen LogP contribution in [0.4, 0.5) is 4.39 Å².